The molecule has 0 fully saturated rings. The zero-order valence-electron chi connectivity index (χ0n) is 17.5. The molecule has 9 heteroatoms. The van der Waals surface area contributed by atoms with Crippen molar-refractivity contribution in [2.24, 2.45) is 0 Å². The third-order valence-electron chi connectivity index (χ3n) is 3.60. The van der Waals surface area contributed by atoms with Crippen molar-refractivity contribution < 1.29 is 29.0 Å². The van der Waals surface area contributed by atoms with Crippen molar-refractivity contribution in [2.45, 2.75) is 65.2 Å². The number of carbonyl (C=O) groups excluding carboxylic acids is 2. The molecule has 9 nitrogen and oxygen atoms in total. The minimum atomic E-state index is -1.57. The summed E-state index contributed by atoms with van der Waals surface area (Å²) in [6, 6.07) is 5.61. The van der Waals surface area contributed by atoms with Crippen LogP contribution in [0, 0.1) is 0 Å². The maximum atomic E-state index is 12.7. The zero-order valence-corrected chi connectivity index (χ0v) is 17.5. The lowest BCUT2D eigenvalue weighted by Crippen LogP contribution is -2.52. The Balaban J connectivity index is 2.40. The van der Waals surface area contributed by atoms with Crippen molar-refractivity contribution in [3.05, 3.63) is 30.1 Å². The normalized spacial score (nSPS) is 13.0. The first kappa shape index (κ1) is 22.2. The number of aromatic amines is 1. The van der Waals surface area contributed by atoms with Gasteiger partial charge in [0.25, 0.3) is 0 Å². The number of carboxylic acids is 1. The first-order valence-electron chi connectivity index (χ1n) is 9.18. The number of para-hydroxylation sites is 2. The fraction of sp³-hybridized carbons (Fsp3) is 0.500. The van der Waals surface area contributed by atoms with Gasteiger partial charge in [0.2, 0.25) is 0 Å². The van der Waals surface area contributed by atoms with Gasteiger partial charge >= 0.3 is 18.2 Å². The molecule has 1 aromatic heterocycles. The molecule has 1 atom stereocenters. The molecule has 0 aliphatic heterocycles. The second kappa shape index (κ2) is 8.10. The molecule has 0 aliphatic carbocycles. The SMILES string of the molecule is CC(C)(C)OC(=O)N(C(=O)OC(C)(C)C)[C@H](Cc1nc2ccccc2[nH]1)C(=O)O. The fourth-order valence-corrected chi connectivity index (χ4v) is 2.53. The fourth-order valence-electron chi connectivity index (χ4n) is 2.53. The van der Waals surface area contributed by atoms with E-state index in [-0.39, 0.29) is 6.42 Å². The molecule has 0 saturated heterocycles. The lowest BCUT2D eigenvalue weighted by atomic mass is 10.1. The number of hydrogen-bond acceptors (Lipinski definition) is 6. The highest BCUT2D eigenvalue weighted by Crippen LogP contribution is 2.20. The summed E-state index contributed by atoms with van der Waals surface area (Å²) in [5.41, 5.74) is -0.500. The van der Waals surface area contributed by atoms with Crippen LogP contribution in [0.2, 0.25) is 0 Å². The van der Waals surface area contributed by atoms with E-state index >= 15 is 0 Å². The van der Waals surface area contributed by atoms with Crippen LogP contribution in [0.4, 0.5) is 9.59 Å². The minimum Gasteiger partial charge on any atom is -0.480 e. The van der Waals surface area contributed by atoms with E-state index < -0.39 is 35.4 Å². The van der Waals surface area contributed by atoms with Crippen LogP contribution >= 0.6 is 0 Å². The number of carbonyl (C=O) groups is 3. The number of nitrogens with zero attached hydrogens (tertiary/aromatic N) is 2. The summed E-state index contributed by atoms with van der Waals surface area (Å²) in [5.74, 6) is -1.07. The molecule has 0 unspecified atom stereocenters. The number of carboxylic acid groups (broad SMARTS) is 1. The number of H-pyrrole nitrogens is 1. The molecular weight excluding hydrogens is 378 g/mol. The van der Waals surface area contributed by atoms with Gasteiger partial charge in [-0.25, -0.2) is 19.4 Å². The van der Waals surface area contributed by atoms with Crippen molar-refractivity contribution in [2.75, 3.05) is 0 Å². The maximum Gasteiger partial charge on any atom is 0.420 e. The number of aliphatic carboxylic acids is 1. The Morgan fingerprint density at radius 3 is 2.00 bits per heavy atom. The average molecular weight is 405 g/mol. The van der Waals surface area contributed by atoms with Gasteiger partial charge in [-0.2, -0.15) is 4.90 Å². The zero-order chi connectivity index (χ0) is 22.0. The van der Waals surface area contributed by atoms with E-state index in [0.29, 0.717) is 21.8 Å². The molecule has 2 rings (SSSR count). The summed E-state index contributed by atoms with van der Waals surface area (Å²) in [6.07, 6.45) is -2.44. The Kier molecular flexibility index (Phi) is 6.20. The summed E-state index contributed by atoms with van der Waals surface area (Å²) in [7, 11) is 0. The smallest absolute Gasteiger partial charge is 0.420 e. The maximum absolute atomic E-state index is 12.7. The number of imide groups is 1. The number of imidazole rings is 1. The van der Waals surface area contributed by atoms with Gasteiger partial charge in [-0.15, -0.1) is 0 Å². The van der Waals surface area contributed by atoms with Gasteiger partial charge in [-0.1, -0.05) is 12.1 Å². The Hall–Kier alpha value is -3.10. The predicted molar refractivity (Wildman–Crippen MR) is 106 cm³/mol. The number of benzene rings is 1. The lowest BCUT2D eigenvalue weighted by Gasteiger charge is -2.31. The number of ether oxygens (including phenoxy) is 2. The number of aromatic nitrogens is 2. The van der Waals surface area contributed by atoms with E-state index in [2.05, 4.69) is 9.97 Å². The van der Waals surface area contributed by atoms with E-state index in [0.717, 1.165) is 0 Å². The van der Waals surface area contributed by atoms with Crippen LogP contribution in [0.25, 0.3) is 11.0 Å². The molecule has 2 aromatic rings. The lowest BCUT2D eigenvalue weighted by molar-refractivity contribution is -0.143. The molecule has 2 amide bonds. The Labute approximate surface area is 169 Å². The van der Waals surface area contributed by atoms with Gasteiger partial charge in [-0.05, 0) is 53.7 Å². The molecule has 0 saturated carbocycles. The Morgan fingerprint density at radius 2 is 1.55 bits per heavy atom. The standard InChI is InChI=1S/C20H27N3O6/c1-19(2,3)28-17(26)23(18(27)29-20(4,5)6)14(16(24)25)11-15-21-12-9-7-8-10-13(12)22-15/h7-10,14H,11H2,1-6H3,(H,21,22)(H,24,25)/t14-/m1/s1. The van der Waals surface area contributed by atoms with Crippen LogP contribution in [0.1, 0.15) is 47.4 Å². The highest BCUT2D eigenvalue weighted by atomic mass is 16.6. The van der Waals surface area contributed by atoms with Gasteiger partial charge in [0.05, 0.1) is 11.0 Å². The van der Waals surface area contributed by atoms with E-state index in [4.69, 9.17) is 9.47 Å². The predicted octanol–water partition coefficient (Wildman–Crippen LogP) is 3.73. The van der Waals surface area contributed by atoms with Crippen molar-refractivity contribution in [1.82, 2.24) is 14.9 Å². The third kappa shape index (κ3) is 6.20. The minimum absolute atomic E-state index is 0.234. The second-order valence-corrected chi connectivity index (χ2v) is 8.59. The molecule has 1 aromatic carbocycles. The molecule has 0 bridgehead atoms. The first-order chi connectivity index (χ1) is 13.3. The van der Waals surface area contributed by atoms with Gasteiger partial charge < -0.3 is 19.6 Å². The van der Waals surface area contributed by atoms with Crippen LogP contribution < -0.4 is 0 Å². The quantitative estimate of drug-likeness (QED) is 0.794. The van der Waals surface area contributed by atoms with E-state index in [1.807, 2.05) is 6.07 Å². The number of rotatable bonds is 4. The van der Waals surface area contributed by atoms with E-state index in [9.17, 15) is 19.5 Å². The molecule has 29 heavy (non-hydrogen) atoms. The average Bonchev–Trinajstić information content (AvgIpc) is 2.93. The van der Waals surface area contributed by atoms with Crippen LogP contribution in [0.15, 0.2) is 24.3 Å². The van der Waals surface area contributed by atoms with Gasteiger partial charge in [0.15, 0.2) is 6.04 Å². The van der Waals surface area contributed by atoms with Crippen LogP contribution in [-0.4, -0.2) is 55.4 Å². The van der Waals surface area contributed by atoms with Crippen LogP contribution in [-0.2, 0) is 20.7 Å². The van der Waals surface area contributed by atoms with Crippen LogP contribution in [0.5, 0.6) is 0 Å². The molecule has 0 radical (unpaired) electrons. The van der Waals surface area contributed by atoms with Crippen molar-refractivity contribution in [3.8, 4) is 0 Å². The monoisotopic (exact) mass is 405 g/mol. The Morgan fingerprint density at radius 1 is 1.03 bits per heavy atom. The summed E-state index contributed by atoms with van der Waals surface area (Å²) < 4.78 is 10.5. The van der Waals surface area contributed by atoms with E-state index in [1.165, 1.54) is 0 Å². The number of fused-ring (bicyclic) bond motifs is 1. The molecule has 158 valence electrons. The van der Waals surface area contributed by atoms with Crippen molar-refractivity contribution in [3.63, 3.8) is 0 Å². The number of nitrogens with one attached hydrogen (secondary N) is 1. The van der Waals surface area contributed by atoms with Gasteiger partial charge in [0.1, 0.15) is 17.0 Å². The summed E-state index contributed by atoms with van der Waals surface area (Å²) >= 11 is 0. The largest absolute Gasteiger partial charge is 0.480 e. The van der Waals surface area contributed by atoms with Crippen molar-refractivity contribution in [1.29, 1.82) is 0 Å². The van der Waals surface area contributed by atoms with E-state index in [1.54, 1.807) is 59.7 Å². The molecule has 1 heterocycles. The van der Waals surface area contributed by atoms with Gasteiger partial charge in [0, 0.05) is 6.42 Å². The Bertz CT molecular complexity index is 846. The summed E-state index contributed by atoms with van der Waals surface area (Å²) in [6.45, 7) is 9.71. The second-order valence-electron chi connectivity index (χ2n) is 8.59. The topological polar surface area (TPSA) is 122 Å². The third-order valence-corrected chi connectivity index (χ3v) is 3.60. The first-order valence-corrected chi connectivity index (χ1v) is 9.18. The molecule has 2 N–H and O–H groups in total. The summed E-state index contributed by atoms with van der Waals surface area (Å²) in [5, 5.41) is 9.78. The van der Waals surface area contributed by atoms with Gasteiger partial charge in [-0.3, -0.25) is 0 Å². The number of hydrogen-bond donors (Lipinski definition) is 2. The molecular formula is C20H27N3O6. The van der Waals surface area contributed by atoms with Crippen molar-refractivity contribution >= 4 is 29.2 Å². The highest BCUT2D eigenvalue weighted by Gasteiger charge is 2.40. The highest BCUT2D eigenvalue weighted by molar-refractivity contribution is 5.93. The number of amides is 2. The summed E-state index contributed by atoms with van der Waals surface area (Å²) in [4.78, 5) is 45.2. The van der Waals surface area contributed by atoms with Crippen LogP contribution in [0.3, 0.4) is 0 Å². The molecule has 0 aliphatic rings. The molecule has 0 spiro atoms.